The number of methoxy groups -OCH3 is 1. The van der Waals surface area contributed by atoms with Crippen molar-refractivity contribution < 1.29 is 17.9 Å². The van der Waals surface area contributed by atoms with Crippen molar-refractivity contribution in [1.29, 1.82) is 0 Å². The van der Waals surface area contributed by atoms with Gasteiger partial charge in [0.25, 0.3) is 0 Å². The van der Waals surface area contributed by atoms with Gasteiger partial charge in [0.15, 0.2) is 0 Å². The molecule has 1 atom stereocenters. The van der Waals surface area contributed by atoms with E-state index in [0.717, 1.165) is 20.0 Å². The van der Waals surface area contributed by atoms with Crippen molar-refractivity contribution in [2.24, 2.45) is 5.73 Å². The highest BCUT2D eigenvalue weighted by molar-refractivity contribution is 7.87. The Morgan fingerprint density at radius 3 is 2.40 bits per heavy atom. The number of hydrogen-bond donors (Lipinski definition) is 2. The van der Waals surface area contributed by atoms with Crippen molar-refractivity contribution >= 4 is 16.3 Å². The summed E-state index contributed by atoms with van der Waals surface area (Å²) in [5.41, 5.74) is 5.58. The van der Waals surface area contributed by atoms with Gasteiger partial charge >= 0.3 is 16.3 Å². The molecular formula is C11H24N4O4S. The number of amides is 1. The molecule has 0 spiro atoms. The maximum atomic E-state index is 11.9. The fourth-order valence-corrected chi connectivity index (χ4v) is 3.42. The fraction of sp³-hybridized carbons (Fsp3) is 0.909. The number of rotatable bonds is 6. The number of carbonyl (C=O) groups excluding carboxylic acids is 1. The predicted octanol–water partition coefficient (Wildman–Crippen LogP) is -0.668. The first-order valence-corrected chi connectivity index (χ1v) is 8.18. The molecule has 0 radical (unpaired) electrons. The Hall–Kier alpha value is -0.900. The number of nitrogens with two attached hydrogens (primary N) is 1. The number of piperazine rings is 1. The maximum Gasteiger partial charge on any atom is 0.421 e. The molecular weight excluding hydrogens is 284 g/mol. The standard InChI is InChI=1S/C11H24N4O4S/c1-3-10(4-5-12)14-6-8-15(9-7-14)20(17,18)13-11(16)19-2/h10H,3-9,12H2,1-2H3,(H,13,16). The van der Waals surface area contributed by atoms with Crippen LogP contribution in [0, 0.1) is 0 Å². The van der Waals surface area contributed by atoms with E-state index in [0.29, 0.717) is 38.8 Å². The Balaban J connectivity index is 2.55. The number of hydrogen-bond acceptors (Lipinski definition) is 6. The lowest BCUT2D eigenvalue weighted by atomic mass is 10.1. The minimum absolute atomic E-state index is 0.355. The summed E-state index contributed by atoms with van der Waals surface area (Å²) in [6, 6.07) is 0.387. The van der Waals surface area contributed by atoms with Gasteiger partial charge < -0.3 is 10.5 Å². The first kappa shape index (κ1) is 17.2. The monoisotopic (exact) mass is 308 g/mol. The van der Waals surface area contributed by atoms with Crippen LogP contribution in [0.1, 0.15) is 19.8 Å². The molecule has 1 aliphatic rings. The molecule has 20 heavy (non-hydrogen) atoms. The normalized spacial score (nSPS) is 19.6. The van der Waals surface area contributed by atoms with Crippen molar-refractivity contribution in [1.82, 2.24) is 13.9 Å². The van der Waals surface area contributed by atoms with Gasteiger partial charge in [-0.2, -0.15) is 12.7 Å². The smallest absolute Gasteiger partial charge is 0.421 e. The van der Waals surface area contributed by atoms with E-state index in [1.165, 1.54) is 4.31 Å². The van der Waals surface area contributed by atoms with E-state index in [9.17, 15) is 13.2 Å². The second kappa shape index (κ2) is 7.77. The molecule has 1 saturated heterocycles. The van der Waals surface area contributed by atoms with Crippen LogP contribution in [0.4, 0.5) is 4.79 Å². The summed E-state index contributed by atoms with van der Waals surface area (Å²) in [4.78, 5) is 13.3. The molecule has 0 aromatic rings. The summed E-state index contributed by atoms with van der Waals surface area (Å²) in [5.74, 6) is 0. The van der Waals surface area contributed by atoms with Gasteiger partial charge in [0.05, 0.1) is 7.11 Å². The predicted molar refractivity (Wildman–Crippen MR) is 75.4 cm³/mol. The molecule has 1 aliphatic heterocycles. The topological polar surface area (TPSA) is 105 Å². The molecule has 8 nitrogen and oxygen atoms in total. The summed E-state index contributed by atoms with van der Waals surface area (Å²) < 4.78 is 31.2. The average molecular weight is 308 g/mol. The van der Waals surface area contributed by atoms with Crippen molar-refractivity contribution in [3.05, 3.63) is 0 Å². The zero-order valence-electron chi connectivity index (χ0n) is 12.0. The van der Waals surface area contributed by atoms with Crippen LogP contribution in [0.2, 0.25) is 0 Å². The van der Waals surface area contributed by atoms with Gasteiger partial charge in [0.2, 0.25) is 0 Å². The van der Waals surface area contributed by atoms with E-state index < -0.39 is 16.3 Å². The Morgan fingerprint density at radius 1 is 1.35 bits per heavy atom. The van der Waals surface area contributed by atoms with Crippen LogP contribution in [0.5, 0.6) is 0 Å². The average Bonchev–Trinajstić information content (AvgIpc) is 2.44. The van der Waals surface area contributed by atoms with Gasteiger partial charge in [-0.3, -0.25) is 4.90 Å². The van der Waals surface area contributed by atoms with Gasteiger partial charge in [-0.1, -0.05) is 6.92 Å². The van der Waals surface area contributed by atoms with Crippen LogP contribution in [-0.4, -0.2) is 69.6 Å². The van der Waals surface area contributed by atoms with E-state index in [1.54, 1.807) is 0 Å². The van der Waals surface area contributed by atoms with Crippen LogP contribution in [-0.2, 0) is 14.9 Å². The van der Waals surface area contributed by atoms with Crippen molar-refractivity contribution in [2.45, 2.75) is 25.8 Å². The Kier molecular flexibility index (Phi) is 6.66. The molecule has 0 aromatic carbocycles. The summed E-state index contributed by atoms with van der Waals surface area (Å²) in [6.45, 7) is 4.71. The highest BCUT2D eigenvalue weighted by Crippen LogP contribution is 2.13. The molecule has 0 bridgehead atoms. The SMILES string of the molecule is CCC(CCN)N1CCN(S(=O)(=O)NC(=O)OC)CC1. The van der Waals surface area contributed by atoms with Gasteiger partial charge in [0.1, 0.15) is 0 Å². The van der Waals surface area contributed by atoms with E-state index in [-0.39, 0.29) is 0 Å². The minimum atomic E-state index is -3.81. The molecule has 9 heteroatoms. The van der Waals surface area contributed by atoms with Crippen LogP contribution >= 0.6 is 0 Å². The summed E-state index contributed by atoms with van der Waals surface area (Å²) in [5, 5.41) is 0. The van der Waals surface area contributed by atoms with Gasteiger partial charge in [-0.05, 0) is 19.4 Å². The number of nitrogens with zero attached hydrogens (tertiary/aromatic N) is 2. The third-order valence-electron chi connectivity index (χ3n) is 3.50. The largest absolute Gasteiger partial charge is 0.452 e. The second-order valence-corrected chi connectivity index (χ2v) is 6.34. The van der Waals surface area contributed by atoms with E-state index in [1.807, 2.05) is 4.72 Å². The van der Waals surface area contributed by atoms with E-state index in [4.69, 9.17) is 5.73 Å². The Bertz CT molecular complexity index is 407. The molecule has 118 valence electrons. The van der Waals surface area contributed by atoms with Gasteiger partial charge in [0, 0.05) is 32.2 Å². The number of carbonyl (C=O) groups is 1. The van der Waals surface area contributed by atoms with Crippen molar-refractivity contribution in [3.63, 3.8) is 0 Å². The van der Waals surface area contributed by atoms with Gasteiger partial charge in [-0.15, -0.1) is 0 Å². The second-order valence-electron chi connectivity index (χ2n) is 4.67. The molecule has 1 amide bonds. The minimum Gasteiger partial charge on any atom is -0.452 e. The molecule has 0 saturated carbocycles. The first-order chi connectivity index (χ1) is 9.44. The lowest BCUT2D eigenvalue weighted by Crippen LogP contribution is -2.55. The van der Waals surface area contributed by atoms with Crippen LogP contribution < -0.4 is 10.5 Å². The summed E-state index contributed by atoms with van der Waals surface area (Å²) in [6.07, 6.45) is 0.926. The van der Waals surface area contributed by atoms with Crippen LogP contribution in [0.3, 0.4) is 0 Å². The molecule has 1 rings (SSSR count). The van der Waals surface area contributed by atoms with Crippen molar-refractivity contribution in [3.8, 4) is 0 Å². The zero-order valence-corrected chi connectivity index (χ0v) is 12.9. The Morgan fingerprint density at radius 2 is 1.95 bits per heavy atom. The molecule has 1 heterocycles. The van der Waals surface area contributed by atoms with E-state index >= 15 is 0 Å². The van der Waals surface area contributed by atoms with Gasteiger partial charge in [-0.25, -0.2) is 9.52 Å². The summed E-state index contributed by atoms with van der Waals surface area (Å²) >= 11 is 0. The van der Waals surface area contributed by atoms with Crippen LogP contribution in [0.25, 0.3) is 0 Å². The zero-order chi connectivity index (χ0) is 15.2. The molecule has 0 aliphatic carbocycles. The molecule has 0 aromatic heterocycles. The maximum absolute atomic E-state index is 11.9. The number of ether oxygens (including phenoxy) is 1. The lowest BCUT2D eigenvalue weighted by Gasteiger charge is -2.38. The van der Waals surface area contributed by atoms with Crippen molar-refractivity contribution in [2.75, 3.05) is 39.8 Å². The molecule has 3 N–H and O–H groups in total. The third-order valence-corrected chi connectivity index (χ3v) is 4.97. The lowest BCUT2D eigenvalue weighted by molar-refractivity contribution is 0.127. The highest BCUT2D eigenvalue weighted by atomic mass is 32.2. The molecule has 1 fully saturated rings. The quantitative estimate of drug-likeness (QED) is 0.674. The third kappa shape index (κ3) is 4.58. The molecule has 1 unspecified atom stereocenters. The Labute approximate surface area is 120 Å². The van der Waals surface area contributed by atoms with E-state index in [2.05, 4.69) is 16.6 Å². The fourth-order valence-electron chi connectivity index (χ4n) is 2.36. The summed E-state index contributed by atoms with van der Waals surface area (Å²) in [7, 11) is -2.68. The number of nitrogens with one attached hydrogen (secondary N) is 1. The van der Waals surface area contributed by atoms with Crippen LogP contribution in [0.15, 0.2) is 0 Å². The highest BCUT2D eigenvalue weighted by Gasteiger charge is 2.30. The first-order valence-electron chi connectivity index (χ1n) is 6.74.